The maximum atomic E-state index is 12.6. The lowest BCUT2D eigenvalue weighted by Crippen LogP contribution is -2.31. The van der Waals surface area contributed by atoms with Gasteiger partial charge in [0.15, 0.2) is 6.61 Å². The van der Waals surface area contributed by atoms with E-state index in [0.29, 0.717) is 36.8 Å². The first-order valence-corrected chi connectivity index (χ1v) is 10.4. The molecule has 33 heavy (non-hydrogen) atoms. The van der Waals surface area contributed by atoms with Crippen LogP contribution in [0.3, 0.4) is 0 Å². The predicted octanol–water partition coefficient (Wildman–Crippen LogP) is 4.49. The van der Waals surface area contributed by atoms with Crippen molar-refractivity contribution < 1.29 is 32.3 Å². The highest BCUT2D eigenvalue weighted by Gasteiger charge is 2.29. The van der Waals surface area contributed by atoms with E-state index in [0.717, 1.165) is 29.7 Å². The molecular weight excluding hydrogens is 437 g/mol. The van der Waals surface area contributed by atoms with E-state index in [9.17, 15) is 18.0 Å². The molecule has 9 heteroatoms. The van der Waals surface area contributed by atoms with E-state index in [2.05, 4.69) is 10.5 Å². The Kier molecular flexibility index (Phi) is 8.48. The minimum atomic E-state index is -4.36. The molecule has 6 nitrogen and oxygen atoms in total. The zero-order valence-corrected chi connectivity index (χ0v) is 18.2. The third-order valence-corrected chi connectivity index (χ3v) is 4.93. The number of hydrogen-bond acceptors (Lipinski definition) is 5. The Balaban J connectivity index is 1.42. The lowest BCUT2D eigenvalue weighted by atomic mass is 10.1. The fraction of sp³-hybridized carbons (Fsp3) is 0.333. The Labute approximate surface area is 190 Å². The van der Waals surface area contributed by atoms with E-state index >= 15 is 0 Å². The quantitative estimate of drug-likeness (QED) is 0.339. The van der Waals surface area contributed by atoms with Gasteiger partial charge in [0, 0.05) is 6.54 Å². The fourth-order valence-electron chi connectivity index (χ4n) is 2.98. The molecule has 1 N–H and O–H groups in total. The standard InChI is InChI=1S/C24H25F3N2O4/c1-17(29-33-15-19-2-6-21(7-3-19)24(25,26)27)20-4-8-22(9-5-20)32-16-23(30)28-14-18-10-12-31-13-11-18/h2-10H,11-16H2,1H3,(H,28,30)/b29-17+. The molecule has 0 spiro atoms. The largest absolute Gasteiger partial charge is 0.484 e. The molecule has 0 fully saturated rings. The summed E-state index contributed by atoms with van der Waals surface area (Å²) in [5.74, 6) is 0.332. The van der Waals surface area contributed by atoms with Crippen LogP contribution in [0.15, 0.2) is 65.3 Å². The number of rotatable bonds is 9. The SMILES string of the molecule is C/C(=N\OCc1ccc(C(F)(F)F)cc1)c1ccc(OCC(=O)NCC2=CCOCC2)cc1. The van der Waals surface area contributed by atoms with Crippen LogP contribution in [0.4, 0.5) is 13.2 Å². The van der Waals surface area contributed by atoms with Gasteiger partial charge in [0.2, 0.25) is 0 Å². The van der Waals surface area contributed by atoms with Crippen LogP contribution in [-0.2, 0) is 27.2 Å². The minimum absolute atomic E-state index is 0.0513. The van der Waals surface area contributed by atoms with E-state index in [1.54, 1.807) is 31.2 Å². The van der Waals surface area contributed by atoms with Gasteiger partial charge in [-0.1, -0.05) is 28.9 Å². The van der Waals surface area contributed by atoms with E-state index in [-0.39, 0.29) is 19.1 Å². The first-order chi connectivity index (χ1) is 15.8. The smallest absolute Gasteiger partial charge is 0.416 e. The van der Waals surface area contributed by atoms with Gasteiger partial charge in [-0.15, -0.1) is 0 Å². The number of carbonyl (C=O) groups excluding carboxylic acids is 1. The Bertz CT molecular complexity index is 984. The Morgan fingerprint density at radius 2 is 1.85 bits per heavy atom. The van der Waals surface area contributed by atoms with Gasteiger partial charge in [-0.3, -0.25) is 4.79 Å². The number of alkyl halides is 3. The fourth-order valence-corrected chi connectivity index (χ4v) is 2.98. The van der Waals surface area contributed by atoms with Crippen molar-refractivity contribution >= 4 is 11.6 Å². The molecule has 2 aromatic carbocycles. The Morgan fingerprint density at radius 1 is 1.12 bits per heavy atom. The van der Waals surface area contributed by atoms with Crippen molar-refractivity contribution in [1.82, 2.24) is 5.32 Å². The molecule has 1 amide bonds. The van der Waals surface area contributed by atoms with Gasteiger partial charge in [0.05, 0.1) is 24.5 Å². The number of nitrogens with one attached hydrogen (secondary N) is 1. The normalized spacial score (nSPS) is 14.4. The zero-order chi connectivity index (χ0) is 23.7. The van der Waals surface area contributed by atoms with Crippen LogP contribution >= 0.6 is 0 Å². The maximum absolute atomic E-state index is 12.6. The van der Waals surface area contributed by atoms with Gasteiger partial charge in [-0.25, -0.2) is 0 Å². The van der Waals surface area contributed by atoms with Crippen LogP contribution in [-0.4, -0.2) is 38.0 Å². The monoisotopic (exact) mass is 462 g/mol. The predicted molar refractivity (Wildman–Crippen MR) is 117 cm³/mol. The molecule has 0 radical (unpaired) electrons. The second kappa shape index (κ2) is 11.5. The molecule has 0 bridgehead atoms. The highest BCUT2D eigenvalue weighted by atomic mass is 19.4. The highest BCUT2D eigenvalue weighted by molar-refractivity contribution is 5.98. The summed E-state index contributed by atoms with van der Waals surface area (Å²) in [5.41, 5.74) is 2.40. The number of amides is 1. The zero-order valence-electron chi connectivity index (χ0n) is 18.2. The molecule has 0 atom stereocenters. The second-order valence-corrected chi connectivity index (χ2v) is 7.42. The summed E-state index contributed by atoms with van der Waals surface area (Å²) < 4.78 is 48.5. The number of nitrogens with zero attached hydrogens (tertiary/aromatic N) is 1. The summed E-state index contributed by atoms with van der Waals surface area (Å²) in [6.07, 6.45) is -1.57. The molecule has 1 aliphatic rings. The highest BCUT2D eigenvalue weighted by Crippen LogP contribution is 2.29. The second-order valence-electron chi connectivity index (χ2n) is 7.42. The van der Waals surface area contributed by atoms with Crippen LogP contribution in [0.5, 0.6) is 5.75 Å². The molecule has 176 valence electrons. The molecule has 0 saturated carbocycles. The van der Waals surface area contributed by atoms with Gasteiger partial charge in [-0.05, 0) is 60.9 Å². The van der Waals surface area contributed by atoms with Crippen LogP contribution in [0.1, 0.15) is 30.0 Å². The summed E-state index contributed by atoms with van der Waals surface area (Å²) in [6, 6.07) is 11.7. The summed E-state index contributed by atoms with van der Waals surface area (Å²) in [4.78, 5) is 17.2. The summed E-state index contributed by atoms with van der Waals surface area (Å²) in [7, 11) is 0. The lowest BCUT2D eigenvalue weighted by molar-refractivity contribution is -0.137. The van der Waals surface area contributed by atoms with E-state index in [1.807, 2.05) is 6.08 Å². The molecular formula is C24H25F3N2O4. The molecule has 1 aliphatic heterocycles. The van der Waals surface area contributed by atoms with Crippen molar-refractivity contribution in [2.24, 2.45) is 5.16 Å². The van der Waals surface area contributed by atoms with Gasteiger partial charge < -0.3 is 19.6 Å². The first kappa shape index (κ1) is 24.3. The van der Waals surface area contributed by atoms with Crippen molar-refractivity contribution in [2.75, 3.05) is 26.4 Å². The number of oxime groups is 1. The van der Waals surface area contributed by atoms with Crippen molar-refractivity contribution in [3.05, 3.63) is 76.9 Å². The third kappa shape index (κ3) is 7.94. The number of benzene rings is 2. The maximum Gasteiger partial charge on any atom is 0.416 e. The van der Waals surface area contributed by atoms with Crippen LogP contribution in [0, 0.1) is 0 Å². The molecule has 1 heterocycles. The average molecular weight is 462 g/mol. The van der Waals surface area contributed by atoms with Crippen molar-refractivity contribution in [2.45, 2.75) is 26.1 Å². The molecule has 3 rings (SSSR count). The van der Waals surface area contributed by atoms with E-state index in [1.165, 1.54) is 12.1 Å². The number of halogens is 3. The van der Waals surface area contributed by atoms with Gasteiger partial charge in [0.25, 0.3) is 5.91 Å². The lowest BCUT2D eigenvalue weighted by Gasteiger charge is -2.14. The third-order valence-electron chi connectivity index (χ3n) is 4.93. The van der Waals surface area contributed by atoms with E-state index in [4.69, 9.17) is 14.3 Å². The van der Waals surface area contributed by atoms with Crippen LogP contribution in [0.2, 0.25) is 0 Å². The van der Waals surface area contributed by atoms with E-state index < -0.39 is 11.7 Å². The van der Waals surface area contributed by atoms with Crippen LogP contribution < -0.4 is 10.1 Å². The number of ether oxygens (including phenoxy) is 2. The van der Waals surface area contributed by atoms with Gasteiger partial charge in [-0.2, -0.15) is 13.2 Å². The number of carbonyl (C=O) groups is 1. The summed E-state index contributed by atoms with van der Waals surface area (Å²) >= 11 is 0. The van der Waals surface area contributed by atoms with Crippen LogP contribution in [0.25, 0.3) is 0 Å². The van der Waals surface area contributed by atoms with Gasteiger partial charge >= 0.3 is 6.18 Å². The van der Waals surface area contributed by atoms with Gasteiger partial charge in [0.1, 0.15) is 12.4 Å². The summed E-state index contributed by atoms with van der Waals surface area (Å²) in [5, 5.41) is 6.83. The van der Waals surface area contributed by atoms with Crippen molar-refractivity contribution in [3.8, 4) is 5.75 Å². The first-order valence-electron chi connectivity index (χ1n) is 10.4. The topological polar surface area (TPSA) is 69.2 Å². The van der Waals surface area contributed by atoms with Crippen molar-refractivity contribution in [1.29, 1.82) is 0 Å². The average Bonchev–Trinajstić information content (AvgIpc) is 2.82. The molecule has 0 saturated heterocycles. The summed E-state index contributed by atoms with van der Waals surface area (Å²) in [6.45, 7) is 3.46. The molecule has 0 unspecified atom stereocenters. The van der Waals surface area contributed by atoms with Crippen molar-refractivity contribution in [3.63, 3.8) is 0 Å². The minimum Gasteiger partial charge on any atom is -0.484 e. The Morgan fingerprint density at radius 3 is 2.48 bits per heavy atom. The molecule has 0 aliphatic carbocycles. The number of hydrogen-bond donors (Lipinski definition) is 1. The molecule has 2 aromatic rings. The molecule has 0 aromatic heterocycles. The Hall–Kier alpha value is -3.33.